The van der Waals surface area contributed by atoms with Crippen molar-refractivity contribution >= 4 is 34.5 Å². The van der Waals surface area contributed by atoms with Crippen molar-refractivity contribution in [2.45, 2.75) is 50.1 Å². The monoisotopic (exact) mass is 462 g/mol. The zero-order chi connectivity index (χ0) is 23.4. The predicted octanol–water partition coefficient (Wildman–Crippen LogP) is 6.58. The molecule has 0 fully saturated rings. The lowest BCUT2D eigenvalue weighted by Gasteiger charge is -2.19. The molecule has 0 radical (unpaired) electrons. The highest BCUT2D eigenvalue weighted by molar-refractivity contribution is 7.98. The van der Waals surface area contributed by atoms with E-state index in [0.717, 1.165) is 16.8 Å². The van der Waals surface area contributed by atoms with Gasteiger partial charge in [0.15, 0.2) is 10.8 Å². The summed E-state index contributed by atoms with van der Waals surface area (Å²) in [4.78, 5) is 22.6. The summed E-state index contributed by atoms with van der Waals surface area (Å²) in [5.74, 6) is 0.583. The number of thioether (sulfide) groups is 1. The first kappa shape index (κ1) is 23.0. The predicted molar refractivity (Wildman–Crippen MR) is 132 cm³/mol. The van der Waals surface area contributed by atoms with Crippen molar-refractivity contribution in [2.75, 3.05) is 5.32 Å². The summed E-state index contributed by atoms with van der Waals surface area (Å²) < 4.78 is 15.5. The molecule has 2 aromatic heterocycles. The molecule has 2 aromatic carbocycles. The van der Waals surface area contributed by atoms with Crippen molar-refractivity contribution in [3.05, 3.63) is 83.8 Å². The van der Waals surface area contributed by atoms with E-state index in [1.54, 1.807) is 12.3 Å². The van der Waals surface area contributed by atoms with Gasteiger partial charge in [0.2, 0.25) is 5.91 Å². The summed E-state index contributed by atoms with van der Waals surface area (Å²) in [5.41, 5.74) is 4.23. The first-order chi connectivity index (χ1) is 16.0. The molecule has 2 heterocycles. The number of imidazole rings is 1. The Morgan fingerprint density at radius 3 is 2.61 bits per heavy atom. The van der Waals surface area contributed by atoms with Crippen LogP contribution in [0.5, 0.6) is 0 Å². The van der Waals surface area contributed by atoms with Crippen LogP contribution >= 0.6 is 11.8 Å². The zero-order valence-corrected chi connectivity index (χ0v) is 19.8. The Hall–Kier alpha value is -3.19. The number of fused-ring (bicyclic) bond motifs is 1. The molecule has 0 saturated carbocycles. The standard InChI is InChI=1S/C26H27FN4OS/c1-4-23(25(32)29-21-12-10-19(11-13-21)17(2)3)31-24-22(9-6-14-28-24)30-26(31)33-16-18-7-5-8-20(27)15-18/h5-15,17,23H,4,16H2,1-3H3,(H,29,32)/t23-/m0/s1. The van der Waals surface area contributed by atoms with Gasteiger partial charge in [0.05, 0.1) is 0 Å². The summed E-state index contributed by atoms with van der Waals surface area (Å²) in [7, 11) is 0. The van der Waals surface area contributed by atoms with Crippen LogP contribution in [0.3, 0.4) is 0 Å². The first-order valence-corrected chi connectivity index (χ1v) is 12.1. The van der Waals surface area contributed by atoms with E-state index < -0.39 is 6.04 Å². The van der Waals surface area contributed by atoms with Crippen molar-refractivity contribution < 1.29 is 9.18 Å². The fourth-order valence-electron chi connectivity index (χ4n) is 3.73. The third kappa shape index (κ3) is 5.25. The van der Waals surface area contributed by atoms with Gasteiger partial charge in [-0.3, -0.25) is 9.36 Å². The van der Waals surface area contributed by atoms with Gasteiger partial charge in [-0.1, -0.05) is 56.8 Å². The van der Waals surface area contributed by atoms with Gasteiger partial charge in [0.1, 0.15) is 17.4 Å². The number of hydrogen-bond donors (Lipinski definition) is 1. The van der Waals surface area contributed by atoms with Crippen LogP contribution < -0.4 is 5.32 Å². The fourth-order valence-corrected chi connectivity index (χ4v) is 4.72. The number of halogens is 1. The third-order valence-corrected chi connectivity index (χ3v) is 6.54. The van der Waals surface area contributed by atoms with Crippen molar-refractivity contribution in [3.8, 4) is 0 Å². The summed E-state index contributed by atoms with van der Waals surface area (Å²) >= 11 is 1.47. The maximum absolute atomic E-state index is 13.6. The minimum absolute atomic E-state index is 0.118. The van der Waals surface area contributed by atoms with Gasteiger partial charge < -0.3 is 5.32 Å². The number of rotatable bonds is 8. The SMILES string of the molecule is CC[C@@H](C(=O)Nc1ccc(C(C)C)cc1)n1c(SCc2cccc(F)c2)nc2cccnc21. The number of pyridine rings is 1. The Labute approximate surface area is 197 Å². The average molecular weight is 463 g/mol. The molecule has 4 rings (SSSR count). The van der Waals surface area contributed by atoms with Crippen molar-refractivity contribution in [1.82, 2.24) is 14.5 Å². The molecular formula is C26H27FN4OS. The Bertz CT molecular complexity index is 1250. The van der Waals surface area contributed by atoms with Crippen LogP contribution in [-0.2, 0) is 10.5 Å². The average Bonchev–Trinajstić information content (AvgIpc) is 3.17. The summed E-state index contributed by atoms with van der Waals surface area (Å²) in [6, 6.07) is 17.7. The molecule has 0 bridgehead atoms. The molecule has 1 atom stereocenters. The number of aromatic nitrogens is 3. The highest BCUT2D eigenvalue weighted by Crippen LogP contribution is 2.31. The van der Waals surface area contributed by atoms with Crippen molar-refractivity contribution in [1.29, 1.82) is 0 Å². The van der Waals surface area contributed by atoms with Crippen LogP contribution in [0.4, 0.5) is 10.1 Å². The molecule has 5 nitrogen and oxygen atoms in total. The molecule has 0 aliphatic carbocycles. The Morgan fingerprint density at radius 1 is 1.12 bits per heavy atom. The van der Waals surface area contributed by atoms with Crippen LogP contribution in [0.25, 0.3) is 11.2 Å². The largest absolute Gasteiger partial charge is 0.324 e. The summed E-state index contributed by atoms with van der Waals surface area (Å²) in [6.45, 7) is 6.25. The lowest BCUT2D eigenvalue weighted by molar-refractivity contribution is -0.119. The number of benzene rings is 2. The van der Waals surface area contributed by atoms with E-state index in [0.29, 0.717) is 28.9 Å². The number of amides is 1. The molecule has 0 unspecified atom stereocenters. The molecular weight excluding hydrogens is 435 g/mol. The quantitative estimate of drug-likeness (QED) is 0.301. The molecule has 170 valence electrons. The molecule has 33 heavy (non-hydrogen) atoms. The number of hydrogen-bond acceptors (Lipinski definition) is 4. The van der Waals surface area contributed by atoms with E-state index in [4.69, 9.17) is 4.98 Å². The summed E-state index contributed by atoms with van der Waals surface area (Å²) in [6.07, 6.45) is 2.28. The molecule has 7 heteroatoms. The summed E-state index contributed by atoms with van der Waals surface area (Å²) in [5, 5.41) is 3.73. The highest BCUT2D eigenvalue weighted by atomic mass is 32.2. The van der Waals surface area contributed by atoms with Gasteiger partial charge in [0, 0.05) is 17.6 Å². The third-order valence-electron chi connectivity index (χ3n) is 5.52. The molecule has 0 saturated heterocycles. The van der Waals surface area contributed by atoms with Crippen LogP contribution in [0.2, 0.25) is 0 Å². The lowest BCUT2D eigenvalue weighted by Crippen LogP contribution is -2.26. The second-order valence-corrected chi connectivity index (χ2v) is 9.16. The van der Waals surface area contributed by atoms with Crippen molar-refractivity contribution in [3.63, 3.8) is 0 Å². The maximum atomic E-state index is 13.6. The number of nitrogens with zero attached hydrogens (tertiary/aromatic N) is 3. The van der Waals surface area contributed by atoms with Crippen LogP contribution in [0.15, 0.2) is 72.0 Å². The molecule has 0 aliphatic rings. The van der Waals surface area contributed by atoms with Gasteiger partial charge in [0.25, 0.3) is 0 Å². The van der Waals surface area contributed by atoms with Gasteiger partial charge in [-0.05, 0) is 59.9 Å². The van der Waals surface area contributed by atoms with E-state index in [2.05, 4.69) is 24.1 Å². The molecule has 1 N–H and O–H groups in total. The maximum Gasteiger partial charge on any atom is 0.247 e. The highest BCUT2D eigenvalue weighted by Gasteiger charge is 2.25. The van der Waals surface area contributed by atoms with Crippen LogP contribution in [0.1, 0.15) is 50.3 Å². The molecule has 0 spiro atoms. The number of carbonyl (C=O) groups excluding carboxylic acids is 1. The fraction of sp³-hybridized carbons (Fsp3) is 0.269. The van der Waals surface area contributed by atoms with Gasteiger partial charge in [-0.25, -0.2) is 14.4 Å². The van der Waals surface area contributed by atoms with Gasteiger partial charge >= 0.3 is 0 Å². The van der Waals surface area contributed by atoms with Crippen LogP contribution in [-0.4, -0.2) is 20.4 Å². The van der Waals surface area contributed by atoms with E-state index in [1.807, 2.05) is 54.0 Å². The van der Waals surface area contributed by atoms with E-state index in [1.165, 1.54) is 29.5 Å². The minimum Gasteiger partial charge on any atom is -0.324 e. The minimum atomic E-state index is -0.482. The molecule has 0 aliphatic heterocycles. The van der Waals surface area contributed by atoms with Gasteiger partial charge in [-0.15, -0.1) is 0 Å². The second-order valence-electron chi connectivity index (χ2n) is 8.22. The first-order valence-electron chi connectivity index (χ1n) is 11.1. The molecule has 1 amide bonds. The molecule has 4 aromatic rings. The Balaban J connectivity index is 1.62. The normalized spacial score (nSPS) is 12.3. The van der Waals surface area contributed by atoms with Crippen LogP contribution in [0, 0.1) is 5.82 Å². The van der Waals surface area contributed by atoms with E-state index in [9.17, 15) is 9.18 Å². The zero-order valence-electron chi connectivity index (χ0n) is 19.0. The topological polar surface area (TPSA) is 59.8 Å². The number of nitrogens with one attached hydrogen (secondary N) is 1. The van der Waals surface area contributed by atoms with Gasteiger partial charge in [-0.2, -0.15) is 0 Å². The van der Waals surface area contributed by atoms with E-state index >= 15 is 0 Å². The second kappa shape index (κ2) is 10.2. The number of carbonyl (C=O) groups is 1. The number of anilines is 1. The lowest BCUT2D eigenvalue weighted by atomic mass is 10.0. The smallest absolute Gasteiger partial charge is 0.247 e. The Morgan fingerprint density at radius 2 is 1.91 bits per heavy atom. The van der Waals surface area contributed by atoms with E-state index in [-0.39, 0.29) is 11.7 Å². The van der Waals surface area contributed by atoms with Crippen molar-refractivity contribution in [2.24, 2.45) is 0 Å². The Kier molecular flexibility index (Phi) is 7.08.